The predicted octanol–water partition coefficient (Wildman–Crippen LogP) is 0.581. The third-order valence-corrected chi connectivity index (χ3v) is 5.20. The second kappa shape index (κ2) is 5.48. The average Bonchev–Trinajstić information content (AvgIpc) is 2.16. The van der Waals surface area contributed by atoms with E-state index in [0.29, 0.717) is 0 Å². The Morgan fingerprint density at radius 3 is 2.73 bits per heavy atom. The van der Waals surface area contributed by atoms with E-state index in [1.165, 1.54) is 4.31 Å². The summed E-state index contributed by atoms with van der Waals surface area (Å²) in [5, 5.41) is 0. The minimum atomic E-state index is -3.16. The smallest absolute Gasteiger partial charge is 0.215 e. The molecule has 0 aromatic rings. The van der Waals surface area contributed by atoms with Crippen molar-refractivity contribution >= 4 is 21.6 Å². The molecule has 1 aliphatic heterocycles. The van der Waals surface area contributed by atoms with Gasteiger partial charge in [-0.3, -0.25) is 0 Å². The molecule has 1 aliphatic rings. The van der Waals surface area contributed by atoms with Gasteiger partial charge in [0.15, 0.2) is 0 Å². The number of halogens is 1. The summed E-state index contributed by atoms with van der Waals surface area (Å²) in [5.74, 6) is 0.195. The molecule has 4 nitrogen and oxygen atoms in total. The van der Waals surface area contributed by atoms with Crippen molar-refractivity contribution in [1.29, 1.82) is 0 Å². The van der Waals surface area contributed by atoms with E-state index in [1.807, 2.05) is 7.05 Å². The molecule has 1 heterocycles. The van der Waals surface area contributed by atoms with Crippen LogP contribution in [0.4, 0.5) is 0 Å². The fraction of sp³-hybridized carbons (Fsp3) is 1.00. The van der Waals surface area contributed by atoms with E-state index in [9.17, 15) is 8.42 Å². The van der Waals surface area contributed by atoms with E-state index < -0.39 is 10.0 Å². The molecule has 6 heteroatoms. The van der Waals surface area contributed by atoms with Crippen LogP contribution in [-0.2, 0) is 10.0 Å². The molecular weight excluding hydrogens is 236 g/mol. The largest absolute Gasteiger partial charge is 0.305 e. The number of sulfonamides is 1. The van der Waals surface area contributed by atoms with Crippen molar-refractivity contribution in [3.63, 3.8) is 0 Å². The molecule has 1 fully saturated rings. The highest BCUT2D eigenvalue weighted by atomic mass is 35.5. The Labute approximate surface area is 97.2 Å². The molecule has 0 aromatic carbocycles. The van der Waals surface area contributed by atoms with Crippen LogP contribution in [0.25, 0.3) is 0 Å². The molecule has 0 N–H and O–H groups in total. The number of piperidine rings is 1. The van der Waals surface area contributed by atoms with Crippen molar-refractivity contribution in [2.24, 2.45) is 0 Å². The lowest BCUT2D eigenvalue weighted by molar-refractivity contribution is 0.188. The number of rotatable bonds is 4. The highest BCUT2D eigenvalue weighted by molar-refractivity contribution is 7.89. The standard InChI is InChI=1S/C9H19ClN2O2S/c1-11-6-3-4-9(8-11)12(2)15(13,14)7-5-10/h9H,3-8H2,1-2H3. The van der Waals surface area contributed by atoms with Gasteiger partial charge in [0, 0.05) is 25.5 Å². The van der Waals surface area contributed by atoms with Crippen LogP contribution in [-0.4, -0.2) is 62.5 Å². The maximum Gasteiger partial charge on any atom is 0.215 e. The van der Waals surface area contributed by atoms with Gasteiger partial charge < -0.3 is 4.90 Å². The molecule has 0 spiro atoms. The minimum Gasteiger partial charge on any atom is -0.305 e. The SMILES string of the molecule is CN1CCCC(N(C)S(=O)(=O)CCCl)C1. The van der Waals surface area contributed by atoms with Crippen LogP contribution in [0.15, 0.2) is 0 Å². The molecule has 15 heavy (non-hydrogen) atoms. The lowest BCUT2D eigenvalue weighted by Gasteiger charge is -2.35. The lowest BCUT2D eigenvalue weighted by Crippen LogP contribution is -2.47. The molecule has 1 atom stereocenters. The number of likely N-dealkylation sites (tertiary alicyclic amines) is 1. The Hall–Kier alpha value is 0.160. The van der Waals surface area contributed by atoms with Gasteiger partial charge in [-0.05, 0) is 26.4 Å². The van der Waals surface area contributed by atoms with Crippen LogP contribution < -0.4 is 0 Å². The highest BCUT2D eigenvalue weighted by Gasteiger charge is 2.28. The molecule has 1 saturated heterocycles. The fourth-order valence-electron chi connectivity index (χ4n) is 1.90. The molecule has 0 aliphatic carbocycles. The summed E-state index contributed by atoms with van der Waals surface area (Å²) in [5.41, 5.74) is 0. The fourth-order valence-corrected chi connectivity index (χ4v) is 3.60. The summed E-state index contributed by atoms with van der Waals surface area (Å²) >= 11 is 5.48. The van der Waals surface area contributed by atoms with Crippen LogP contribution in [0.1, 0.15) is 12.8 Å². The van der Waals surface area contributed by atoms with E-state index in [2.05, 4.69) is 4.90 Å². The van der Waals surface area contributed by atoms with Crippen molar-refractivity contribution in [3.05, 3.63) is 0 Å². The Balaban J connectivity index is 2.62. The van der Waals surface area contributed by atoms with Gasteiger partial charge in [0.1, 0.15) is 0 Å². The van der Waals surface area contributed by atoms with E-state index in [0.717, 1.165) is 25.9 Å². The van der Waals surface area contributed by atoms with Gasteiger partial charge in [-0.1, -0.05) is 0 Å². The first-order valence-corrected chi connectivity index (χ1v) is 7.32. The van der Waals surface area contributed by atoms with Gasteiger partial charge in [0.2, 0.25) is 10.0 Å². The zero-order valence-electron chi connectivity index (χ0n) is 9.32. The normalized spacial score (nSPS) is 24.7. The average molecular weight is 255 g/mol. The Morgan fingerprint density at radius 2 is 2.20 bits per heavy atom. The van der Waals surface area contributed by atoms with Gasteiger partial charge in [-0.2, -0.15) is 0 Å². The van der Waals surface area contributed by atoms with Crippen LogP contribution in [0.5, 0.6) is 0 Å². The number of likely N-dealkylation sites (N-methyl/N-ethyl adjacent to an activating group) is 2. The highest BCUT2D eigenvalue weighted by Crippen LogP contribution is 2.16. The van der Waals surface area contributed by atoms with Crippen molar-refractivity contribution in [3.8, 4) is 0 Å². The molecule has 0 amide bonds. The summed E-state index contributed by atoms with van der Waals surface area (Å²) in [7, 11) is 0.522. The molecule has 1 rings (SSSR count). The van der Waals surface area contributed by atoms with Crippen LogP contribution in [0.3, 0.4) is 0 Å². The molecule has 1 unspecified atom stereocenters. The van der Waals surface area contributed by atoms with Gasteiger partial charge in [-0.25, -0.2) is 12.7 Å². The van der Waals surface area contributed by atoms with E-state index in [1.54, 1.807) is 7.05 Å². The predicted molar refractivity (Wildman–Crippen MR) is 62.8 cm³/mol. The van der Waals surface area contributed by atoms with E-state index >= 15 is 0 Å². The molecular formula is C9H19ClN2O2S. The Bertz CT molecular complexity index is 294. The molecule has 90 valence electrons. The van der Waals surface area contributed by atoms with Crippen molar-refractivity contribution < 1.29 is 8.42 Å². The monoisotopic (exact) mass is 254 g/mol. The second-order valence-electron chi connectivity index (χ2n) is 4.08. The zero-order chi connectivity index (χ0) is 11.5. The first kappa shape index (κ1) is 13.2. The molecule has 0 saturated carbocycles. The Morgan fingerprint density at radius 1 is 1.53 bits per heavy atom. The molecule has 0 bridgehead atoms. The number of hydrogen-bond acceptors (Lipinski definition) is 3. The first-order valence-electron chi connectivity index (χ1n) is 5.17. The van der Waals surface area contributed by atoms with Crippen molar-refractivity contribution in [2.45, 2.75) is 18.9 Å². The second-order valence-corrected chi connectivity index (χ2v) is 6.61. The summed E-state index contributed by atoms with van der Waals surface area (Å²) in [6.45, 7) is 1.87. The molecule has 0 radical (unpaired) electrons. The Kier molecular flexibility index (Phi) is 4.83. The maximum atomic E-state index is 11.8. The number of hydrogen-bond donors (Lipinski definition) is 0. The summed E-state index contributed by atoms with van der Waals surface area (Å²) in [6, 6.07) is 0.108. The topological polar surface area (TPSA) is 40.6 Å². The summed E-state index contributed by atoms with van der Waals surface area (Å²) in [6.07, 6.45) is 2.00. The van der Waals surface area contributed by atoms with Gasteiger partial charge in [0.05, 0.1) is 5.75 Å². The zero-order valence-corrected chi connectivity index (χ0v) is 10.9. The number of nitrogens with zero attached hydrogens (tertiary/aromatic N) is 2. The van der Waals surface area contributed by atoms with E-state index in [4.69, 9.17) is 11.6 Å². The van der Waals surface area contributed by atoms with Gasteiger partial charge in [-0.15, -0.1) is 11.6 Å². The van der Waals surface area contributed by atoms with Crippen molar-refractivity contribution in [2.75, 3.05) is 38.8 Å². The summed E-state index contributed by atoms with van der Waals surface area (Å²) in [4.78, 5) is 2.17. The van der Waals surface area contributed by atoms with Crippen LogP contribution in [0, 0.1) is 0 Å². The van der Waals surface area contributed by atoms with Crippen LogP contribution in [0.2, 0.25) is 0 Å². The minimum absolute atomic E-state index is 0.0330. The third-order valence-electron chi connectivity index (χ3n) is 2.89. The summed E-state index contributed by atoms with van der Waals surface area (Å²) < 4.78 is 25.0. The van der Waals surface area contributed by atoms with Gasteiger partial charge in [0.25, 0.3) is 0 Å². The van der Waals surface area contributed by atoms with E-state index in [-0.39, 0.29) is 17.7 Å². The maximum absolute atomic E-state index is 11.8. The first-order chi connectivity index (χ1) is 6.97. The lowest BCUT2D eigenvalue weighted by atomic mass is 10.1. The van der Waals surface area contributed by atoms with Crippen molar-refractivity contribution in [1.82, 2.24) is 9.21 Å². The number of alkyl halides is 1. The third kappa shape index (κ3) is 3.59. The quantitative estimate of drug-likeness (QED) is 0.690. The van der Waals surface area contributed by atoms with Gasteiger partial charge >= 0.3 is 0 Å². The molecule has 0 aromatic heterocycles. The van der Waals surface area contributed by atoms with Crippen LogP contribution >= 0.6 is 11.6 Å².